The predicted octanol–water partition coefficient (Wildman–Crippen LogP) is 3.77. The molecule has 1 aliphatic rings. The highest BCUT2D eigenvalue weighted by molar-refractivity contribution is 7.13. The summed E-state index contributed by atoms with van der Waals surface area (Å²) >= 11 is 1.52. The van der Waals surface area contributed by atoms with Crippen molar-refractivity contribution in [2.45, 2.75) is 32.1 Å². The van der Waals surface area contributed by atoms with Crippen LogP contribution in [0.4, 0.5) is 10.8 Å². The molecular formula is C16H19N3OS. The van der Waals surface area contributed by atoms with Gasteiger partial charge in [-0.25, -0.2) is 4.98 Å². The Morgan fingerprint density at radius 2 is 2.19 bits per heavy atom. The van der Waals surface area contributed by atoms with Gasteiger partial charge < -0.3 is 10.6 Å². The van der Waals surface area contributed by atoms with Gasteiger partial charge in [-0.1, -0.05) is 18.2 Å². The molecule has 0 spiro atoms. The third kappa shape index (κ3) is 3.82. The highest BCUT2D eigenvalue weighted by Gasteiger charge is 2.26. The van der Waals surface area contributed by atoms with Crippen LogP contribution in [0, 0.1) is 6.92 Å². The van der Waals surface area contributed by atoms with E-state index < -0.39 is 0 Å². The van der Waals surface area contributed by atoms with Crippen LogP contribution in [0.1, 0.15) is 36.4 Å². The van der Waals surface area contributed by atoms with Crippen LogP contribution in [0.15, 0.2) is 29.6 Å². The molecule has 0 aliphatic heterocycles. The van der Waals surface area contributed by atoms with Crippen LogP contribution in [0.3, 0.4) is 0 Å². The van der Waals surface area contributed by atoms with Crippen molar-refractivity contribution in [3.8, 4) is 0 Å². The third-order valence-corrected chi connectivity index (χ3v) is 4.35. The van der Waals surface area contributed by atoms with Crippen molar-refractivity contribution in [1.82, 2.24) is 4.98 Å². The molecule has 0 radical (unpaired) electrons. The van der Waals surface area contributed by atoms with Crippen LogP contribution >= 0.6 is 11.3 Å². The maximum absolute atomic E-state index is 11.9. The fourth-order valence-corrected chi connectivity index (χ4v) is 2.98. The molecule has 3 rings (SSSR count). The number of carbonyl (C=O) groups is 1. The molecule has 21 heavy (non-hydrogen) atoms. The second-order valence-electron chi connectivity index (χ2n) is 5.39. The summed E-state index contributed by atoms with van der Waals surface area (Å²) in [6.07, 6.45) is 2.90. The zero-order chi connectivity index (χ0) is 14.7. The fourth-order valence-electron chi connectivity index (χ4n) is 2.17. The summed E-state index contributed by atoms with van der Waals surface area (Å²) in [5, 5.41) is 8.93. The Labute approximate surface area is 128 Å². The molecule has 110 valence electrons. The zero-order valence-electron chi connectivity index (χ0n) is 12.1. The lowest BCUT2D eigenvalue weighted by molar-refractivity contribution is -0.115. The molecule has 0 unspecified atom stereocenters. The van der Waals surface area contributed by atoms with Crippen molar-refractivity contribution in [1.29, 1.82) is 0 Å². The van der Waals surface area contributed by atoms with E-state index in [1.807, 2.05) is 18.2 Å². The number of aryl methyl sites for hydroxylation is 1. The van der Waals surface area contributed by atoms with E-state index >= 15 is 0 Å². The van der Waals surface area contributed by atoms with Gasteiger partial charge in [0.1, 0.15) is 0 Å². The predicted molar refractivity (Wildman–Crippen MR) is 87.0 cm³/mol. The number of nitrogens with zero attached hydrogens (tertiary/aromatic N) is 1. The minimum atomic E-state index is 0.00720. The average molecular weight is 301 g/mol. The number of benzene rings is 1. The van der Waals surface area contributed by atoms with Crippen LogP contribution in [0.5, 0.6) is 0 Å². The standard InChI is InChI=1S/C16H19N3OS/c1-11-4-2-3-5-13(11)17-9-8-15(20)19-16-18-14(10-21-16)12-6-7-12/h2-5,10,12,17H,6-9H2,1H3,(H,18,19,20). The molecule has 0 atom stereocenters. The van der Waals surface area contributed by atoms with Crippen molar-refractivity contribution >= 4 is 28.1 Å². The number of amides is 1. The maximum Gasteiger partial charge on any atom is 0.227 e. The van der Waals surface area contributed by atoms with E-state index in [-0.39, 0.29) is 5.91 Å². The molecule has 1 heterocycles. The first kappa shape index (κ1) is 14.1. The van der Waals surface area contributed by atoms with E-state index in [0.717, 1.165) is 16.5 Å². The maximum atomic E-state index is 11.9. The molecule has 5 heteroatoms. The normalized spacial score (nSPS) is 14.0. The zero-order valence-corrected chi connectivity index (χ0v) is 12.9. The first-order valence-electron chi connectivity index (χ1n) is 7.27. The Kier molecular flexibility index (Phi) is 4.20. The Bertz CT molecular complexity index is 634. The fraction of sp³-hybridized carbons (Fsp3) is 0.375. The van der Waals surface area contributed by atoms with Crippen molar-refractivity contribution in [3.63, 3.8) is 0 Å². The van der Waals surface area contributed by atoms with Crippen molar-refractivity contribution in [2.24, 2.45) is 0 Å². The van der Waals surface area contributed by atoms with Gasteiger partial charge >= 0.3 is 0 Å². The van der Waals surface area contributed by atoms with Crippen molar-refractivity contribution in [2.75, 3.05) is 17.2 Å². The molecule has 0 saturated heterocycles. The summed E-state index contributed by atoms with van der Waals surface area (Å²) in [5.74, 6) is 0.641. The Balaban J connectivity index is 1.44. The number of nitrogens with one attached hydrogen (secondary N) is 2. The lowest BCUT2D eigenvalue weighted by Crippen LogP contribution is -2.16. The summed E-state index contributed by atoms with van der Waals surface area (Å²) in [7, 11) is 0. The molecule has 1 saturated carbocycles. The summed E-state index contributed by atoms with van der Waals surface area (Å²) < 4.78 is 0. The van der Waals surface area contributed by atoms with E-state index in [4.69, 9.17) is 0 Å². The third-order valence-electron chi connectivity index (χ3n) is 3.58. The largest absolute Gasteiger partial charge is 0.384 e. The van der Waals surface area contributed by atoms with E-state index in [1.54, 1.807) is 0 Å². The molecule has 1 aromatic carbocycles. The number of anilines is 2. The van der Waals surface area contributed by atoms with Gasteiger partial charge in [-0.3, -0.25) is 4.79 Å². The highest BCUT2D eigenvalue weighted by Crippen LogP contribution is 2.40. The van der Waals surface area contributed by atoms with Gasteiger partial charge in [0.2, 0.25) is 5.91 Å². The van der Waals surface area contributed by atoms with Gasteiger partial charge in [0, 0.05) is 30.0 Å². The number of hydrogen-bond acceptors (Lipinski definition) is 4. The number of carbonyl (C=O) groups excluding carboxylic acids is 1. The van der Waals surface area contributed by atoms with Crippen LogP contribution in [-0.4, -0.2) is 17.4 Å². The summed E-state index contributed by atoms with van der Waals surface area (Å²) in [4.78, 5) is 16.4. The van der Waals surface area contributed by atoms with Crippen LogP contribution in [0.2, 0.25) is 0 Å². The number of para-hydroxylation sites is 1. The highest BCUT2D eigenvalue weighted by atomic mass is 32.1. The molecule has 2 aromatic rings. The van der Waals surface area contributed by atoms with Gasteiger partial charge in [-0.2, -0.15) is 0 Å². The SMILES string of the molecule is Cc1ccccc1NCCC(=O)Nc1nc(C2CC2)cs1. The van der Waals surface area contributed by atoms with Crippen molar-refractivity contribution in [3.05, 3.63) is 40.9 Å². The second-order valence-corrected chi connectivity index (χ2v) is 6.25. The molecule has 1 fully saturated rings. The van der Waals surface area contributed by atoms with E-state index in [0.29, 0.717) is 18.9 Å². The van der Waals surface area contributed by atoms with E-state index in [1.165, 1.54) is 29.7 Å². The quantitative estimate of drug-likeness (QED) is 0.854. The smallest absolute Gasteiger partial charge is 0.227 e. The molecule has 0 bridgehead atoms. The molecular weight excluding hydrogens is 282 g/mol. The molecule has 1 aromatic heterocycles. The Hall–Kier alpha value is -1.88. The number of rotatable bonds is 6. The van der Waals surface area contributed by atoms with Gasteiger partial charge in [-0.05, 0) is 31.4 Å². The van der Waals surface area contributed by atoms with Crippen LogP contribution in [0.25, 0.3) is 0 Å². The van der Waals surface area contributed by atoms with Crippen LogP contribution < -0.4 is 10.6 Å². The average Bonchev–Trinajstić information content (AvgIpc) is 3.22. The summed E-state index contributed by atoms with van der Waals surface area (Å²) in [6.45, 7) is 2.68. The molecule has 1 aliphatic carbocycles. The lowest BCUT2D eigenvalue weighted by atomic mass is 10.2. The molecule has 4 nitrogen and oxygen atoms in total. The van der Waals surface area contributed by atoms with Crippen LogP contribution in [-0.2, 0) is 4.79 Å². The van der Waals surface area contributed by atoms with Gasteiger partial charge in [0.25, 0.3) is 0 Å². The topological polar surface area (TPSA) is 54.0 Å². The lowest BCUT2D eigenvalue weighted by Gasteiger charge is -2.08. The minimum Gasteiger partial charge on any atom is -0.384 e. The number of aromatic nitrogens is 1. The van der Waals surface area contributed by atoms with Gasteiger partial charge in [0.15, 0.2) is 5.13 Å². The minimum absolute atomic E-state index is 0.00720. The molecule has 1 amide bonds. The summed E-state index contributed by atoms with van der Waals surface area (Å²) in [5.41, 5.74) is 3.40. The Morgan fingerprint density at radius 3 is 2.95 bits per heavy atom. The molecule has 2 N–H and O–H groups in total. The van der Waals surface area contributed by atoms with Gasteiger partial charge in [-0.15, -0.1) is 11.3 Å². The van der Waals surface area contributed by atoms with Gasteiger partial charge in [0.05, 0.1) is 5.69 Å². The van der Waals surface area contributed by atoms with E-state index in [9.17, 15) is 4.79 Å². The van der Waals surface area contributed by atoms with Crippen molar-refractivity contribution < 1.29 is 4.79 Å². The number of hydrogen-bond donors (Lipinski definition) is 2. The first-order valence-corrected chi connectivity index (χ1v) is 8.15. The van der Waals surface area contributed by atoms with E-state index in [2.05, 4.69) is 34.0 Å². The second kappa shape index (κ2) is 6.26. The monoisotopic (exact) mass is 301 g/mol. The summed E-state index contributed by atoms with van der Waals surface area (Å²) in [6, 6.07) is 8.07. The first-order chi connectivity index (χ1) is 10.2. The Morgan fingerprint density at radius 1 is 1.38 bits per heavy atom. The number of thiazole rings is 1.